The van der Waals surface area contributed by atoms with Crippen molar-refractivity contribution < 1.29 is 19.1 Å². The Morgan fingerprint density at radius 2 is 1.62 bits per heavy atom. The second-order valence-electron chi connectivity index (χ2n) is 5.74. The van der Waals surface area contributed by atoms with Crippen molar-refractivity contribution in [2.45, 2.75) is 30.6 Å². The Bertz CT molecular complexity index is 472. The minimum atomic E-state index is -0.901. The van der Waals surface area contributed by atoms with Gasteiger partial charge in [-0.05, 0) is 12.8 Å². The molecule has 0 N–H and O–H groups in total. The summed E-state index contributed by atoms with van der Waals surface area (Å²) in [6, 6.07) is -0.255. The van der Waals surface area contributed by atoms with Crippen LogP contribution in [0.4, 0.5) is 4.79 Å². The van der Waals surface area contributed by atoms with E-state index in [9.17, 15) is 9.59 Å². The molecule has 3 aliphatic heterocycles. The van der Waals surface area contributed by atoms with Crippen molar-refractivity contribution in [2.75, 3.05) is 26.3 Å². The van der Waals surface area contributed by atoms with E-state index >= 15 is 0 Å². The topological polar surface area (TPSA) is 65.7 Å². The molecule has 3 rings (SSSR count). The highest BCUT2D eigenvalue weighted by Crippen LogP contribution is 2.37. The number of ether oxygens (including phenoxy) is 2. The monoisotopic (exact) mass is 292 g/mol. The van der Waals surface area contributed by atoms with Gasteiger partial charge in [-0.25, -0.2) is 4.79 Å². The van der Waals surface area contributed by atoms with Crippen molar-refractivity contribution in [2.24, 2.45) is 0 Å². The standard InChI is InChI=1S/C15H20N2O4/c1-3-5-15(6-4-2)13(18)16(7-11-9-20-11)14(19)17(15)8-12-10-21-12/h3-4,11-12H,1-2,5-10H2. The van der Waals surface area contributed by atoms with Crippen molar-refractivity contribution in [3.8, 4) is 0 Å². The van der Waals surface area contributed by atoms with E-state index < -0.39 is 5.54 Å². The van der Waals surface area contributed by atoms with Crippen molar-refractivity contribution in [1.29, 1.82) is 0 Å². The molecule has 6 nitrogen and oxygen atoms in total. The lowest BCUT2D eigenvalue weighted by atomic mass is 9.89. The first-order chi connectivity index (χ1) is 10.1. The zero-order chi connectivity index (χ0) is 15.0. The Kier molecular flexibility index (Phi) is 3.59. The maximum Gasteiger partial charge on any atom is 0.327 e. The highest BCUT2D eigenvalue weighted by atomic mass is 16.6. The molecule has 114 valence electrons. The van der Waals surface area contributed by atoms with E-state index in [0.29, 0.717) is 39.1 Å². The fraction of sp³-hybridized carbons (Fsp3) is 0.600. The first-order valence-corrected chi connectivity index (χ1v) is 7.21. The molecule has 21 heavy (non-hydrogen) atoms. The Morgan fingerprint density at radius 1 is 1.10 bits per heavy atom. The maximum absolute atomic E-state index is 12.9. The van der Waals surface area contributed by atoms with Gasteiger partial charge >= 0.3 is 6.03 Å². The van der Waals surface area contributed by atoms with Crippen molar-refractivity contribution in [3.05, 3.63) is 25.3 Å². The van der Waals surface area contributed by atoms with E-state index in [1.165, 1.54) is 4.90 Å². The summed E-state index contributed by atoms with van der Waals surface area (Å²) in [6.07, 6.45) is 4.23. The van der Waals surface area contributed by atoms with Crippen LogP contribution in [-0.4, -0.2) is 65.8 Å². The molecule has 0 radical (unpaired) electrons. The Labute approximate surface area is 124 Å². The number of nitrogens with zero attached hydrogens (tertiary/aromatic N) is 2. The predicted octanol–water partition coefficient (Wildman–Crippen LogP) is 0.939. The van der Waals surface area contributed by atoms with E-state index in [1.807, 2.05) is 0 Å². The van der Waals surface area contributed by atoms with Gasteiger partial charge in [-0.15, -0.1) is 13.2 Å². The van der Waals surface area contributed by atoms with Gasteiger partial charge in [-0.3, -0.25) is 9.69 Å². The number of epoxide rings is 2. The summed E-state index contributed by atoms with van der Waals surface area (Å²) in [5.41, 5.74) is -0.901. The molecule has 3 heterocycles. The fourth-order valence-electron chi connectivity index (χ4n) is 2.91. The quantitative estimate of drug-likeness (QED) is 0.379. The second kappa shape index (κ2) is 5.27. The summed E-state index contributed by atoms with van der Waals surface area (Å²) in [6.45, 7) is 9.50. The number of amides is 3. The number of carbonyl (C=O) groups is 2. The average molecular weight is 292 g/mol. The van der Waals surface area contributed by atoms with Crippen molar-refractivity contribution >= 4 is 11.9 Å². The maximum atomic E-state index is 12.9. The third kappa shape index (κ3) is 2.49. The molecule has 0 aromatic heterocycles. The first kappa shape index (κ1) is 14.3. The molecule has 0 bridgehead atoms. The molecule has 3 amide bonds. The van der Waals surface area contributed by atoms with Crippen LogP contribution in [0.15, 0.2) is 25.3 Å². The predicted molar refractivity (Wildman–Crippen MR) is 75.7 cm³/mol. The number of imide groups is 1. The van der Waals surface area contributed by atoms with E-state index in [0.717, 1.165) is 0 Å². The Hall–Kier alpha value is -1.66. The highest BCUT2D eigenvalue weighted by Gasteiger charge is 2.57. The van der Waals surface area contributed by atoms with Crippen LogP contribution < -0.4 is 0 Å². The average Bonchev–Trinajstić information content (AvgIpc) is 3.35. The molecule has 0 saturated carbocycles. The van der Waals surface area contributed by atoms with E-state index in [2.05, 4.69) is 13.2 Å². The minimum Gasteiger partial charge on any atom is -0.371 e. The lowest BCUT2D eigenvalue weighted by Crippen LogP contribution is -2.50. The molecule has 3 aliphatic rings. The zero-order valence-corrected chi connectivity index (χ0v) is 12.0. The lowest BCUT2D eigenvalue weighted by Gasteiger charge is -2.33. The molecular weight excluding hydrogens is 272 g/mol. The summed E-state index contributed by atoms with van der Waals surface area (Å²) < 4.78 is 10.4. The van der Waals surface area contributed by atoms with Crippen LogP contribution in [0.25, 0.3) is 0 Å². The third-order valence-corrected chi connectivity index (χ3v) is 4.16. The summed E-state index contributed by atoms with van der Waals surface area (Å²) in [5.74, 6) is -0.177. The SMILES string of the molecule is C=CCC1(CC=C)C(=O)N(CC2CO2)C(=O)N1CC1CO1. The van der Waals surface area contributed by atoms with Crippen LogP contribution in [0, 0.1) is 0 Å². The second-order valence-corrected chi connectivity index (χ2v) is 5.74. The summed E-state index contributed by atoms with van der Waals surface area (Å²) in [7, 11) is 0. The van der Waals surface area contributed by atoms with Crippen LogP contribution in [0.1, 0.15) is 12.8 Å². The van der Waals surface area contributed by atoms with Gasteiger partial charge in [0, 0.05) is 0 Å². The number of hydrogen-bond acceptors (Lipinski definition) is 4. The molecule has 0 aromatic rings. The number of urea groups is 1. The van der Waals surface area contributed by atoms with Gasteiger partial charge < -0.3 is 14.4 Å². The van der Waals surface area contributed by atoms with Gasteiger partial charge in [0.15, 0.2) is 0 Å². The molecule has 0 aromatic carbocycles. The Balaban J connectivity index is 1.90. The van der Waals surface area contributed by atoms with Crippen LogP contribution in [-0.2, 0) is 14.3 Å². The zero-order valence-electron chi connectivity index (χ0n) is 12.0. The molecule has 0 spiro atoms. The molecular formula is C15H20N2O4. The summed E-state index contributed by atoms with van der Waals surface area (Å²) >= 11 is 0. The number of rotatable bonds is 8. The van der Waals surface area contributed by atoms with Gasteiger partial charge in [0.1, 0.15) is 5.54 Å². The van der Waals surface area contributed by atoms with Crippen molar-refractivity contribution in [3.63, 3.8) is 0 Å². The molecule has 2 unspecified atom stereocenters. The number of carbonyl (C=O) groups excluding carboxylic acids is 2. The van der Waals surface area contributed by atoms with Gasteiger partial charge in [-0.1, -0.05) is 12.2 Å². The van der Waals surface area contributed by atoms with Crippen LogP contribution in [0.2, 0.25) is 0 Å². The highest BCUT2D eigenvalue weighted by molar-refractivity contribution is 6.07. The molecule has 6 heteroatoms. The normalized spacial score (nSPS) is 29.7. The minimum absolute atomic E-state index is 0.0137. The fourth-order valence-corrected chi connectivity index (χ4v) is 2.91. The van der Waals surface area contributed by atoms with E-state index in [4.69, 9.17) is 9.47 Å². The largest absolute Gasteiger partial charge is 0.371 e. The summed E-state index contributed by atoms with van der Waals surface area (Å²) in [5, 5.41) is 0. The number of hydrogen-bond donors (Lipinski definition) is 0. The smallest absolute Gasteiger partial charge is 0.327 e. The van der Waals surface area contributed by atoms with Gasteiger partial charge in [0.25, 0.3) is 5.91 Å². The van der Waals surface area contributed by atoms with Gasteiger partial charge in [0.2, 0.25) is 0 Å². The molecule has 2 atom stereocenters. The first-order valence-electron chi connectivity index (χ1n) is 7.21. The molecule has 3 fully saturated rings. The summed E-state index contributed by atoms with van der Waals surface area (Å²) in [4.78, 5) is 28.5. The van der Waals surface area contributed by atoms with Crippen LogP contribution in [0.3, 0.4) is 0 Å². The lowest BCUT2D eigenvalue weighted by molar-refractivity contribution is -0.133. The molecule has 3 saturated heterocycles. The van der Waals surface area contributed by atoms with Crippen LogP contribution in [0.5, 0.6) is 0 Å². The van der Waals surface area contributed by atoms with Crippen molar-refractivity contribution in [1.82, 2.24) is 9.80 Å². The molecule has 0 aliphatic carbocycles. The van der Waals surface area contributed by atoms with Gasteiger partial charge in [0.05, 0.1) is 38.5 Å². The van der Waals surface area contributed by atoms with E-state index in [1.54, 1.807) is 17.1 Å². The Morgan fingerprint density at radius 3 is 2.10 bits per heavy atom. The van der Waals surface area contributed by atoms with Gasteiger partial charge in [-0.2, -0.15) is 0 Å². The van der Waals surface area contributed by atoms with E-state index in [-0.39, 0.29) is 24.1 Å². The van der Waals surface area contributed by atoms with Crippen LogP contribution >= 0.6 is 0 Å². The third-order valence-electron chi connectivity index (χ3n) is 4.16.